The lowest BCUT2D eigenvalue weighted by Gasteiger charge is -2.34. The van der Waals surface area contributed by atoms with E-state index in [9.17, 15) is 13.5 Å². The van der Waals surface area contributed by atoms with Gasteiger partial charge in [0.15, 0.2) is 0 Å². The fourth-order valence-electron chi connectivity index (χ4n) is 2.61. The lowest BCUT2D eigenvalue weighted by molar-refractivity contribution is -0.0441. The number of ether oxygens (including phenoxy) is 1. The van der Waals surface area contributed by atoms with Gasteiger partial charge >= 0.3 is 0 Å². The first-order valence-corrected chi connectivity index (χ1v) is 8.63. The lowest BCUT2D eigenvalue weighted by Crippen LogP contribution is -2.48. The summed E-state index contributed by atoms with van der Waals surface area (Å²) in [7, 11) is -3.66. The maximum Gasteiger partial charge on any atom is 0.243 e. The molecule has 0 aliphatic carbocycles. The second-order valence-corrected chi connectivity index (χ2v) is 7.77. The molecule has 2 atom stereocenters. The molecule has 1 aromatic rings. The Morgan fingerprint density at radius 1 is 1.33 bits per heavy atom. The van der Waals surface area contributed by atoms with Crippen molar-refractivity contribution in [1.82, 2.24) is 4.31 Å². The van der Waals surface area contributed by atoms with Gasteiger partial charge in [0.25, 0.3) is 0 Å². The second-order valence-electron chi connectivity index (χ2n) is 5.43. The quantitative estimate of drug-likeness (QED) is 0.918. The van der Waals surface area contributed by atoms with Crippen molar-refractivity contribution >= 4 is 21.6 Å². The predicted molar refractivity (Wildman–Crippen MR) is 80.9 cm³/mol. The van der Waals surface area contributed by atoms with Crippen molar-refractivity contribution in [3.63, 3.8) is 0 Å². The summed E-state index contributed by atoms with van der Waals surface area (Å²) in [5.41, 5.74) is 1.06. The zero-order valence-corrected chi connectivity index (χ0v) is 13.9. The smallest absolute Gasteiger partial charge is 0.243 e. The Balaban J connectivity index is 2.47. The van der Waals surface area contributed by atoms with E-state index in [1.807, 2.05) is 13.8 Å². The molecule has 0 aromatic heterocycles. The Hall–Kier alpha value is -0.660. The van der Waals surface area contributed by atoms with Gasteiger partial charge in [0.2, 0.25) is 10.0 Å². The van der Waals surface area contributed by atoms with Crippen molar-refractivity contribution in [1.29, 1.82) is 0 Å². The van der Waals surface area contributed by atoms with E-state index >= 15 is 0 Å². The van der Waals surface area contributed by atoms with Crippen LogP contribution < -0.4 is 0 Å². The van der Waals surface area contributed by atoms with Gasteiger partial charge in [-0.25, -0.2) is 8.42 Å². The number of hydrogen-bond acceptors (Lipinski definition) is 4. The zero-order valence-electron chi connectivity index (χ0n) is 12.3. The molecule has 1 aromatic carbocycles. The molecule has 1 fully saturated rings. The summed E-state index contributed by atoms with van der Waals surface area (Å²) in [6, 6.07) is 3.02. The van der Waals surface area contributed by atoms with Crippen molar-refractivity contribution in [2.45, 2.75) is 44.5 Å². The van der Waals surface area contributed by atoms with Crippen LogP contribution in [0.4, 0.5) is 0 Å². The first-order chi connectivity index (χ1) is 9.75. The third kappa shape index (κ3) is 3.40. The number of hydrogen-bond donors (Lipinski definition) is 1. The highest BCUT2D eigenvalue weighted by atomic mass is 35.5. The van der Waals surface area contributed by atoms with Gasteiger partial charge in [-0.1, -0.05) is 11.6 Å². The highest BCUT2D eigenvalue weighted by molar-refractivity contribution is 7.89. The molecule has 0 radical (unpaired) electrons. The molecule has 0 spiro atoms. The van der Waals surface area contributed by atoms with Crippen LogP contribution in [0.3, 0.4) is 0 Å². The van der Waals surface area contributed by atoms with Crippen LogP contribution in [-0.4, -0.2) is 43.1 Å². The van der Waals surface area contributed by atoms with Crippen LogP contribution in [0.15, 0.2) is 17.0 Å². The highest BCUT2D eigenvalue weighted by Gasteiger charge is 2.33. The van der Waals surface area contributed by atoms with Gasteiger partial charge in [0.1, 0.15) is 0 Å². The highest BCUT2D eigenvalue weighted by Crippen LogP contribution is 2.28. The summed E-state index contributed by atoms with van der Waals surface area (Å²) < 4.78 is 32.7. The van der Waals surface area contributed by atoms with E-state index < -0.39 is 10.0 Å². The Bertz CT molecular complexity index is 622. The average molecular weight is 334 g/mol. The van der Waals surface area contributed by atoms with E-state index in [1.54, 1.807) is 13.0 Å². The van der Waals surface area contributed by atoms with Crippen LogP contribution in [0, 0.1) is 6.92 Å². The summed E-state index contributed by atoms with van der Waals surface area (Å²) in [4.78, 5) is 0.153. The molecule has 118 valence electrons. The molecule has 2 rings (SSSR count). The number of aliphatic hydroxyl groups is 1. The number of morpholine rings is 1. The van der Waals surface area contributed by atoms with Gasteiger partial charge in [0, 0.05) is 18.1 Å². The fraction of sp³-hybridized carbons (Fsp3) is 0.571. The fourth-order valence-corrected chi connectivity index (χ4v) is 4.80. The van der Waals surface area contributed by atoms with E-state index in [2.05, 4.69) is 0 Å². The van der Waals surface area contributed by atoms with Crippen molar-refractivity contribution in [2.24, 2.45) is 0 Å². The number of sulfonamides is 1. The second kappa shape index (κ2) is 6.22. The van der Waals surface area contributed by atoms with E-state index in [4.69, 9.17) is 16.3 Å². The number of benzene rings is 1. The van der Waals surface area contributed by atoms with Crippen molar-refractivity contribution in [3.05, 3.63) is 28.3 Å². The molecular formula is C14H20ClNO4S. The summed E-state index contributed by atoms with van der Waals surface area (Å²) in [5.74, 6) is 0. The molecule has 1 saturated heterocycles. The van der Waals surface area contributed by atoms with E-state index in [0.717, 1.165) is 0 Å². The molecule has 7 heteroatoms. The van der Waals surface area contributed by atoms with E-state index in [1.165, 1.54) is 10.4 Å². The number of rotatable bonds is 3. The topological polar surface area (TPSA) is 66.8 Å². The van der Waals surface area contributed by atoms with Crippen molar-refractivity contribution in [2.75, 3.05) is 13.1 Å². The predicted octanol–water partition coefficient (Wildman–Crippen LogP) is 1.94. The van der Waals surface area contributed by atoms with Crippen molar-refractivity contribution in [3.8, 4) is 0 Å². The first kappa shape index (κ1) is 16.7. The molecule has 0 saturated carbocycles. The minimum atomic E-state index is -3.66. The van der Waals surface area contributed by atoms with E-state index in [0.29, 0.717) is 29.2 Å². The first-order valence-electron chi connectivity index (χ1n) is 6.81. The Labute approximate surface area is 130 Å². The number of nitrogens with zero attached hydrogens (tertiary/aromatic N) is 1. The minimum Gasteiger partial charge on any atom is -0.392 e. The van der Waals surface area contributed by atoms with Gasteiger partial charge in [-0.2, -0.15) is 4.31 Å². The van der Waals surface area contributed by atoms with Crippen LogP contribution in [0.1, 0.15) is 25.0 Å². The van der Waals surface area contributed by atoms with Crippen LogP contribution in [0.5, 0.6) is 0 Å². The van der Waals surface area contributed by atoms with Gasteiger partial charge in [-0.05, 0) is 44.0 Å². The minimum absolute atomic E-state index is 0.152. The van der Waals surface area contributed by atoms with Crippen LogP contribution in [0.2, 0.25) is 5.02 Å². The van der Waals surface area contributed by atoms with E-state index in [-0.39, 0.29) is 23.7 Å². The van der Waals surface area contributed by atoms with Gasteiger partial charge in [0.05, 0.1) is 23.7 Å². The molecule has 5 nitrogen and oxygen atoms in total. The standard InChI is InChI=1S/C14H20ClNO4S/c1-9-6-16(7-10(2)20-9)21(18,19)14-5-13(15)4-12(8-17)11(14)3/h4-5,9-10,17H,6-8H2,1-3H3/t9-,10+. The number of halogens is 1. The molecule has 1 heterocycles. The van der Waals surface area contributed by atoms with Crippen LogP contribution in [0.25, 0.3) is 0 Å². The lowest BCUT2D eigenvalue weighted by atomic mass is 10.1. The molecule has 1 N–H and O–H groups in total. The van der Waals surface area contributed by atoms with Gasteiger partial charge in [-0.3, -0.25) is 0 Å². The maximum absolute atomic E-state index is 12.8. The van der Waals surface area contributed by atoms with Crippen LogP contribution >= 0.6 is 11.6 Å². The zero-order chi connectivity index (χ0) is 15.8. The molecule has 1 aliphatic heterocycles. The summed E-state index contributed by atoms with van der Waals surface area (Å²) in [6.07, 6.45) is -0.305. The molecule has 0 amide bonds. The normalized spacial score (nSPS) is 24.2. The molecular weight excluding hydrogens is 314 g/mol. The molecule has 0 unspecified atom stereocenters. The summed E-state index contributed by atoms with van der Waals surface area (Å²) in [5, 5.41) is 9.64. The molecule has 1 aliphatic rings. The van der Waals surface area contributed by atoms with Gasteiger partial charge in [-0.15, -0.1) is 0 Å². The average Bonchev–Trinajstić information content (AvgIpc) is 2.39. The Morgan fingerprint density at radius 2 is 1.90 bits per heavy atom. The summed E-state index contributed by atoms with van der Waals surface area (Å²) in [6.45, 7) is 5.76. The Kier molecular flexibility index (Phi) is 4.95. The third-order valence-corrected chi connectivity index (χ3v) is 5.78. The largest absolute Gasteiger partial charge is 0.392 e. The molecule has 0 bridgehead atoms. The van der Waals surface area contributed by atoms with Crippen LogP contribution in [-0.2, 0) is 21.4 Å². The summed E-state index contributed by atoms with van der Waals surface area (Å²) >= 11 is 5.98. The Morgan fingerprint density at radius 3 is 2.43 bits per heavy atom. The third-order valence-electron chi connectivity index (χ3n) is 3.61. The van der Waals surface area contributed by atoms with Crippen molar-refractivity contribution < 1.29 is 18.3 Å². The maximum atomic E-state index is 12.8. The molecule has 21 heavy (non-hydrogen) atoms. The van der Waals surface area contributed by atoms with Gasteiger partial charge < -0.3 is 9.84 Å². The SMILES string of the molecule is Cc1c(CO)cc(Cl)cc1S(=O)(=O)N1C[C@@H](C)O[C@@H](C)C1. The number of aliphatic hydroxyl groups excluding tert-OH is 1. The monoisotopic (exact) mass is 333 g/mol.